The van der Waals surface area contributed by atoms with E-state index in [1.165, 1.54) is 0 Å². The van der Waals surface area contributed by atoms with Crippen LogP contribution in [0.1, 0.15) is 12.0 Å². The summed E-state index contributed by atoms with van der Waals surface area (Å²) < 4.78 is 0. The number of nitrogens with zero attached hydrogens (tertiary/aromatic N) is 1. The van der Waals surface area contributed by atoms with Gasteiger partial charge >= 0.3 is 0 Å². The van der Waals surface area contributed by atoms with E-state index in [1.807, 2.05) is 78.9 Å². The second-order valence-electron chi connectivity index (χ2n) is 5.89. The molecular weight excluding hydrogens is 324 g/mol. The van der Waals surface area contributed by atoms with Crippen molar-refractivity contribution in [1.82, 2.24) is 0 Å². The molecule has 0 saturated heterocycles. The number of amides is 2. The Balaban J connectivity index is 1.73. The zero-order valence-electron chi connectivity index (χ0n) is 14.3. The maximum absolute atomic E-state index is 12.8. The maximum atomic E-state index is 12.8. The smallest absolute Gasteiger partial charge is 0.236 e. The van der Waals surface area contributed by atoms with Crippen LogP contribution in [0.15, 0.2) is 91.0 Å². The number of para-hydroxylation sites is 2. The van der Waals surface area contributed by atoms with Crippen LogP contribution >= 0.6 is 0 Å². The van der Waals surface area contributed by atoms with Crippen molar-refractivity contribution >= 4 is 23.2 Å². The molecule has 4 heteroatoms. The lowest BCUT2D eigenvalue weighted by atomic mass is 10.1. The maximum Gasteiger partial charge on any atom is 0.236 e. The van der Waals surface area contributed by atoms with E-state index in [0.717, 1.165) is 11.3 Å². The fourth-order valence-corrected chi connectivity index (χ4v) is 2.66. The Morgan fingerprint density at radius 1 is 0.731 bits per heavy atom. The lowest BCUT2D eigenvalue weighted by molar-refractivity contribution is -0.125. The number of carbonyl (C=O) groups is 2. The van der Waals surface area contributed by atoms with E-state index in [4.69, 9.17) is 0 Å². The topological polar surface area (TPSA) is 49.4 Å². The summed E-state index contributed by atoms with van der Waals surface area (Å²) in [6.07, 6.45) is -0.212. The van der Waals surface area contributed by atoms with Gasteiger partial charge in [-0.2, -0.15) is 0 Å². The molecule has 0 aromatic heterocycles. The monoisotopic (exact) mass is 344 g/mol. The summed E-state index contributed by atoms with van der Waals surface area (Å²) >= 11 is 0. The fourth-order valence-electron chi connectivity index (χ4n) is 2.66. The lowest BCUT2D eigenvalue weighted by Crippen LogP contribution is -2.33. The second-order valence-corrected chi connectivity index (χ2v) is 5.89. The summed E-state index contributed by atoms with van der Waals surface area (Å²) in [5.74, 6) is -0.566. The van der Waals surface area contributed by atoms with Gasteiger partial charge in [0.1, 0.15) is 6.42 Å². The standard InChI is InChI=1S/C22H20N2O2/c25-21(23-19-12-6-2-7-13-19)16-22(26)24(20-14-8-3-9-15-20)17-18-10-4-1-5-11-18/h1-15H,16-17H2,(H,23,25). The molecule has 3 aromatic rings. The van der Waals surface area contributed by atoms with Gasteiger partial charge in [0.2, 0.25) is 11.8 Å². The van der Waals surface area contributed by atoms with E-state index < -0.39 is 0 Å². The third-order valence-corrected chi connectivity index (χ3v) is 3.92. The Labute approximate surface area is 153 Å². The number of carbonyl (C=O) groups excluding carboxylic acids is 2. The van der Waals surface area contributed by atoms with E-state index in [1.54, 1.807) is 17.0 Å². The summed E-state index contributed by atoms with van der Waals surface area (Å²) in [7, 11) is 0. The molecule has 3 aromatic carbocycles. The first-order valence-electron chi connectivity index (χ1n) is 8.46. The minimum absolute atomic E-state index is 0.212. The van der Waals surface area contributed by atoms with Gasteiger partial charge in [-0.15, -0.1) is 0 Å². The minimum Gasteiger partial charge on any atom is -0.326 e. The van der Waals surface area contributed by atoms with Gasteiger partial charge in [-0.1, -0.05) is 66.7 Å². The van der Waals surface area contributed by atoms with Crippen LogP contribution in [0.5, 0.6) is 0 Å². The minimum atomic E-state index is -0.324. The van der Waals surface area contributed by atoms with Gasteiger partial charge in [0.25, 0.3) is 0 Å². The van der Waals surface area contributed by atoms with Crippen LogP contribution in [-0.4, -0.2) is 11.8 Å². The molecule has 4 nitrogen and oxygen atoms in total. The van der Waals surface area contributed by atoms with Gasteiger partial charge in [0, 0.05) is 11.4 Å². The highest BCUT2D eigenvalue weighted by Crippen LogP contribution is 2.18. The molecule has 26 heavy (non-hydrogen) atoms. The zero-order chi connectivity index (χ0) is 18.2. The number of hydrogen-bond donors (Lipinski definition) is 1. The molecule has 0 fully saturated rings. The molecule has 0 aliphatic heterocycles. The van der Waals surface area contributed by atoms with E-state index in [9.17, 15) is 9.59 Å². The van der Waals surface area contributed by atoms with E-state index in [0.29, 0.717) is 12.2 Å². The molecule has 0 unspecified atom stereocenters. The SMILES string of the molecule is O=C(CC(=O)N(Cc1ccccc1)c1ccccc1)Nc1ccccc1. The molecule has 0 heterocycles. The van der Waals surface area contributed by atoms with Crippen LogP contribution in [0.4, 0.5) is 11.4 Å². The van der Waals surface area contributed by atoms with Crippen molar-refractivity contribution in [2.45, 2.75) is 13.0 Å². The van der Waals surface area contributed by atoms with E-state index >= 15 is 0 Å². The average molecular weight is 344 g/mol. The summed E-state index contributed by atoms with van der Waals surface area (Å²) in [6, 6.07) is 28.3. The molecule has 0 saturated carbocycles. The molecule has 130 valence electrons. The van der Waals surface area contributed by atoms with Gasteiger partial charge in [0.05, 0.1) is 6.54 Å². The lowest BCUT2D eigenvalue weighted by Gasteiger charge is -2.23. The van der Waals surface area contributed by atoms with Crippen molar-refractivity contribution in [1.29, 1.82) is 0 Å². The Hall–Kier alpha value is -3.40. The van der Waals surface area contributed by atoms with Crippen LogP contribution in [0, 0.1) is 0 Å². The first kappa shape index (κ1) is 17.4. The first-order valence-corrected chi connectivity index (χ1v) is 8.46. The number of anilines is 2. The third kappa shape index (κ3) is 4.80. The Morgan fingerprint density at radius 2 is 1.27 bits per heavy atom. The van der Waals surface area contributed by atoms with Gasteiger partial charge in [-0.05, 0) is 29.8 Å². The van der Waals surface area contributed by atoms with Crippen molar-refractivity contribution < 1.29 is 9.59 Å². The quantitative estimate of drug-likeness (QED) is 0.680. The Bertz CT molecular complexity index is 849. The molecule has 0 radical (unpaired) electrons. The molecule has 3 rings (SSSR count). The first-order chi connectivity index (χ1) is 12.7. The molecular formula is C22H20N2O2. The summed E-state index contributed by atoms with van der Waals surface area (Å²) in [5, 5.41) is 2.76. The van der Waals surface area contributed by atoms with Crippen LogP contribution in [0.25, 0.3) is 0 Å². The van der Waals surface area contributed by atoms with Gasteiger partial charge < -0.3 is 10.2 Å². The van der Waals surface area contributed by atoms with Crippen LogP contribution in [0.3, 0.4) is 0 Å². The van der Waals surface area contributed by atoms with Crippen molar-refractivity contribution in [2.75, 3.05) is 10.2 Å². The highest BCUT2D eigenvalue weighted by atomic mass is 16.2. The molecule has 0 atom stereocenters. The molecule has 0 spiro atoms. The van der Waals surface area contributed by atoms with Gasteiger partial charge in [0.15, 0.2) is 0 Å². The summed E-state index contributed by atoms with van der Waals surface area (Å²) in [4.78, 5) is 26.7. The van der Waals surface area contributed by atoms with Crippen LogP contribution < -0.4 is 10.2 Å². The predicted octanol–water partition coefficient (Wildman–Crippen LogP) is 4.25. The van der Waals surface area contributed by atoms with Crippen molar-refractivity contribution in [3.63, 3.8) is 0 Å². The van der Waals surface area contributed by atoms with E-state index in [2.05, 4.69) is 5.32 Å². The summed E-state index contributed by atoms with van der Waals surface area (Å²) in [5.41, 5.74) is 2.46. The van der Waals surface area contributed by atoms with Gasteiger partial charge in [-0.25, -0.2) is 0 Å². The van der Waals surface area contributed by atoms with Crippen molar-refractivity contribution in [3.8, 4) is 0 Å². The van der Waals surface area contributed by atoms with Crippen LogP contribution in [-0.2, 0) is 16.1 Å². The molecule has 0 aliphatic rings. The van der Waals surface area contributed by atoms with Gasteiger partial charge in [-0.3, -0.25) is 9.59 Å². The predicted molar refractivity (Wildman–Crippen MR) is 104 cm³/mol. The number of rotatable bonds is 6. The van der Waals surface area contributed by atoms with Crippen LogP contribution in [0.2, 0.25) is 0 Å². The molecule has 0 bridgehead atoms. The number of nitrogens with one attached hydrogen (secondary N) is 1. The largest absolute Gasteiger partial charge is 0.326 e. The average Bonchev–Trinajstić information content (AvgIpc) is 2.68. The highest BCUT2D eigenvalue weighted by Gasteiger charge is 2.19. The molecule has 0 aliphatic carbocycles. The Morgan fingerprint density at radius 3 is 1.88 bits per heavy atom. The number of benzene rings is 3. The Kier molecular flexibility index (Phi) is 5.78. The zero-order valence-corrected chi connectivity index (χ0v) is 14.3. The third-order valence-electron chi connectivity index (χ3n) is 3.92. The molecule has 1 N–H and O–H groups in total. The normalized spacial score (nSPS) is 10.2. The van der Waals surface area contributed by atoms with E-state index in [-0.39, 0.29) is 18.2 Å². The number of hydrogen-bond acceptors (Lipinski definition) is 2. The highest BCUT2D eigenvalue weighted by molar-refractivity contribution is 6.09. The molecule has 2 amide bonds. The fraction of sp³-hybridized carbons (Fsp3) is 0.0909. The van der Waals surface area contributed by atoms with Crippen molar-refractivity contribution in [2.24, 2.45) is 0 Å². The second kappa shape index (κ2) is 8.62. The van der Waals surface area contributed by atoms with Crippen molar-refractivity contribution in [3.05, 3.63) is 96.6 Å². The summed E-state index contributed by atoms with van der Waals surface area (Å²) in [6.45, 7) is 0.419.